The van der Waals surface area contributed by atoms with E-state index in [0.717, 1.165) is 24.3 Å². The first-order chi connectivity index (χ1) is 26.7. The highest BCUT2D eigenvalue weighted by Gasteiger charge is 2.31. The Morgan fingerprint density at radius 2 is 0.815 bits per heavy atom. The average molecular weight is 695 g/mol. The van der Waals surface area contributed by atoms with Crippen LogP contribution in [0, 0.1) is 0 Å². The van der Waals surface area contributed by atoms with Crippen LogP contribution in [0.1, 0.15) is 12.8 Å². The molecule has 0 aliphatic heterocycles. The van der Waals surface area contributed by atoms with Crippen LogP contribution in [0.5, 0.6) is 11.5 Å². The molecule has 0 saturated carbocycles. The lowest BCUT2D eigenvalue weighted by atomic mass is 9.83. The van der Waals surface area contributed by atoms with Gasteiger partial charge in [0.2, 0.25) is 0 Å². The standard InChI is InChI=1S/C52H38O2/c1-53-40-24-20-35(21-25-40)48-44-16-9-10-17-45(44)49(36-22-26-41(54-2)27-23-36)52-47-29-28-42(43-18-11-19-46(50(43)47)51(48)52)39-31-37(33-12-5-3-6-13-33)30-38(32-39)34-14-7-4-8-15-34/h3-8,11-32H,9-10H2,1-2H3. The van der Waals surface area contributed by atoms with E-state index in [2.05, 4.69) is 170 Å². The predicted molar refractivity (Wildman–Crippen MR) is 226 cm³/mol. The normalized spacial score (nSPS) is 12.4. The zero-order valence-electron chi connectivity index (χ0n) is 30.4. The fraction of sp³-hybridized carbons (Fsp3) is 0.0769. The monoisotopic (exact) mass is 694 g/mol. The van der Waals surface area contributed by atoms with E-state index in [0.29, 0.717) is 0 Å². The van der Waals surface area contributed by atoms with E-state index in [9.17, 15) is 0 Å². The largest absolute Gasteiger partial charge is 0.497 e. The Hall–Kier alpha value is -6.64. The van der Waals surface area contributed by atoms with E-state index in [-0.39, 0.29) is 0 Å². The quantitative estimate of drug-likeness (QED) is 0.165. The predicted octanol–water partition coefficient (Wildman–Crippen LogP) is 12.2. The Balaban J connectivity index is 1.28. The minimum atomic E-state index is 0.859. The second-order valence-electron chi connectivity index (χ2n) is 14.2. The SMILES string of the molecule is COc1ccc(-c2c3c(c(-c4ccc(OC)cc4)c4c2=CCCC=4)-c2ccc(-c4cc(-c5ccccc5)cc(-c5ccccc5)c4)c4cccc-3c24)cc1. The first-order valence-electron chi connectivity index (χ1n) is 18.7. The average Bonchev–Trinajstić information content (AvgIpc) is 3.58. The highest BCUT2D eigenvalue weighted by Crippen LogP contribution is 2.54. The third kappa shape index (κ3) is 5.17. The summed E-state index contributed by atoms with van der Waals surface area (Å²) < 4.78 is 11.2. The summed E-state index contributed by atoms with van der Waals surface area (Å²) in [6.45, 7) is 0. The minimum Gasteiger partial charge on any atom is -0.497 e. The fourth-order valence-corrected chi connectivity index (χ4v) is 8.77. The van der Waals surface area contributed by atoms with Crippen molar-refractivity contribution < 1.29 is 9.47 Å². The van der Waals surface area contributed by atoms with Crippen LogP contribution in [0.4, 0.5) is 0 Å². The molecule has 258 valence electrons. The Labute approximate surface area is 315 Å². The van der Waals surface area contributed by atoms with Crippen LogP contribution >= 0.6 is 0 Å². The van der Waals surface area contributed by atoms with Crippen LogP contribution in [0.25, 0.3) is 101 Å². The van der Waals surface area contributed by atoms with Gasteiger partial charge in [-0.05, 0) is 154 Å². The number of methoxy groups -OCH3 is 2. The minimum absolute atomic E-state index is 0.859. The Kier molecular flexibility index (Phi) is 7.77. The molecule has 10 rings (SSSR count). The summed E-state index contributed by atoms with van der Waals surface area (Å²) in [4.78, 5) is 0. The van der Waals surface area contributed by atoms with Crippen LogP contribution in [-0.2, 0) is 0 Å². The number of ether oxygens (including phenoxy) is 2. The summed E-state index contributed by atoms with van der Waals surface area (Å²) in [7, 11) is 3.46. The van der Waals surface area contributed by atoms with Gasteiger partial charge in [0.15, 0.2) is 0 Å². The van der Waals surface area contributed by atoms with Crippen molar-refractivity contribution in [3.63, 3.8) is 0 Å². The first-order valence-corrected chi connectivity index (χ1v) is 18.7. The summed E-state index contributed by atoms with van der Waals surface area (Å²) in [5, 5.41) is 5.19. The molecule has 0 unspecified atom stereocenters. The molecule has 0 N–H and O–H groups in total. The number of benzene rings is 8. The maximum Gasteiger partial charge on any atom is 0.118 e. The molecule has 0 spiro atoms. The van der Waals surface area contributed by atoms with Crippen LogP contribution in [-0.4, -0.2) is 14.2 Å². The molecule has 8 aromatic carbocycles. The van der Waals surface area contributed by atoms with E-state index in [1.807, 2.05) is 0 Å². The molecule has 0 saturated heterocycles. The molecule has 2 aliphatic rings. The van der Waals surface area contributed by atoms with E-state index in [4.69, 9.17) is 9.47 Å². The third-order valence-corrected chi connectivity index (χ3v) is 11.2. The van der Waals surface area contributed by atoms with E-state index in [1.165, 1.54) is 99.1 Å². The van der Waals surface area contributed by atoms with E-state index < -0.39 is 0 Å². The zero-order chi connectivity index (χ0) is 36.2. The van der Waals surface area contributed by atoms with E-state index >= 15 is 0 Å². The molecule has 2 nitrogen and oxygen atoms in total. The molecule has 2 heteroatoms. The van der Waals surface area contributed by atoms with Crippen molar-refractivity contribution in [2.45, 2.75) is 12.8 Å². The van der Waals surface area contributed by atoms with Crippen LogP contribution in [0.3, 0.4) is 0 Å². The van der Waals surface area contributed by atoms with Gasteiger partial charge in [0.1, 0.15) is 11.5 Å². The topological polar surface area (TPSA) is 18.5 Å². The second kappa shape index (κ2) is 13.1. The summed E-state index contributed by atoms with van der Waals surface area (Å²) in [5.41, 5.74) is 17.4. The van der Waals surface area contributed by atoms with Crippen molar-refractivity contribution in [1.29, 1.82) is 0 Å². The van der Waals surface area contributed by atoms with Gasteiger partial charge in [0.05, 0.1) is 14.2 Å². The molecule has 0 aromatic heterocycles. The maximum absolute atomic E-state index is 5.61. The van der Waals surface area contributed by atoms with Crippen molar-refractivity contribution in [2.24, 2.45) is 0 Å². The molecular formula is C52H38O2. The van der Waals surface area contributed by atoms with Crippen LogP contribution in [0.2, 0.25) is 0 Å². The van der Waals surface area contributed by atoms with Gasteiger partial charge in [0.25, 0.3) is 0 Å². The lowest BCUT2D eigenvalue weighted by molar-refractivity contribution is 0.415. The number of hydrogen-bond acceptors (Lipinski definition) is 2. The van der Waals surface area contributed by atoms with Gasteiger partial charge < -0.3 is 9.47 Å². The highest BCUT2D eigenvalue weighted by molar-refractivity contribution is 6.23. The lowest BCUT2D eigenvalue weighted by Crippen LogP contribution is -2.32. The van der Waals surface area contributed by atoms with Crippen molar-refractivity contribution in [3.05, 3.63) is 168 Å². The number of fused-ring (bicyclic) bond motifs is 4. The lowest BCUT2D eigenvalue weighted by Gasteiger charge is -2.20. The van der Waals surface area contributed by atoms with Crippen LogP contribution in [0.15, 0.2) is 158 Å². The van der Waals surface area contributed by atoms with Gasteiger partial charge in [-0.3, -0.25) is 0 Å². The van der Waals surface area contributed by atoms with Gasteiger partial charge in [-0.1, -0.05) is 127 Å². The molecule has 0 fully saturated rings. The highest BCUT2D eigenvalue weighted by atomic mass is 16.5. The van der Waals surface area contributed by atoms with Crippen molar-refractivity contribution >= 4 is 22.9 Å². The summed E-state index contributed by atoms with van der Waals surface area (Å²) in [5.74, 6) is 1.72. The first kappa shape index (κ1) is 32.0. The van der Waals surface area contributed by atoms with Crippen molar-refractivity contribution in [1.82, 2.24) is 0 Å². The smallest absolute Gasteiger partial charge is 0.118 e. The zero-order valence-corrected chi connectivity index (χ0v) is 30.4. The van der Waals surface area contributed by atoms with Crippen LogP contribution < -0.4 is 19.9 Å². The molecule has 8 aromatic rings. The fourth-order valence-electron chi connectivity index (χ4n) is 8.77. The summed E-state index contributed by atoms with van der Waals surface area (Å²) >= 11 is 0. The molecule has 0 bridgehead atoms. The molecule has 0 atom stereocenters. The third-order valence-electron chi connectivity index (χ3n) is 11.2. The van der Waals surface area contributed by atoms with Gasteiger partial charge in [-0.2, -0.15) is 0 Å². The molecule has 2 aliphatic carbocycles. The molecule has 0 radical (unpaired) electrons. The molecule has 54 heavy (non-hydrogen) atoms. The second-order valence-corrected chi connectivity index (χ2v) is 14.2. The Bertz CT molecular complexity index is 2690. The van der Waals surface area contributed by atoms with Gasteiger partial charge in [0, 0.05) is 0 Å². The Morgan fingerprint density at radius 1 is 0.352 bits per heavy atom. The number of rotatable bonds is 7. The molecular weight excluding hydrogens is 657 g/mol. The van der Waals surface area contributed by atoms with Gasteiger partial charge in [-0.15, -0.1) is 0 Å². The number of hydrogen-bond donors (Lipinski definition) is 0. The van der Waals surface area contributed by atoms with Gasteiger partial charge in [-0.25, -0.2) is 0 Å². The molecule has 0 heterocycles. The maximum atomic E-state index is 5.61. The Morgan fingerprint density at radius 3 is 1.31 bits per heavy atom. The van der Waals surface area contributed by atoms with Crippen molar-refractivity contribution in [3.8, 4) is 89.4 Å². The van der Waals surface area contributed by atoms with Gasteiger partial charge >= 0.3 is 0 Å². The summed E-state index contributed by atoms with van der Waals surface area (Å²) in [6.07, 6.45) is 6.94. The van der Waals surface area contributed by atoms with E-state index in [1.54, 1.807) is 14.2 Å². The molecule has 0 amide bonds. The van der Waals surface area contributed by atoms with Crippen molar-refractivity contribution in [2.75, 3.05) is 14.2 Å². The summed E-state index contributed by atoms with van der Waals surface area (Å²) in [6, 6.07) is 57.4.